The molecule has 1 atom stereocenters. The number of rotatable bonds is 5. The molecule has 0 aromatic carbocycles. The van der Waals surface area contributed by atoms with Crippen molar-refractivity contribution in [3.63, 3.8) is 0 Å². The highest BCUT2D eigenvalue weighted by Crippen LogP contribution is 2.09. The Kier molecular flexibility index (Phi) is 4.86. The van der Waals surface area contributed by atoms with Gasteiger partial charge in [-0.25, -0.2) is 0 Å². The second-order valence-corrected chi connectivity index (χ2v) is 2.26. The molecular weight excluding hydrogens is 161 g/mol. The van der Waals surface area contributed by atoms with Gasteiger partial charge in [0.2, 0.25) is 0 Å². The molecule has 3 N–H and O–H groups in total. The predicted molar refractivity (Wildman–Crippen MR) is 40.2 cm³/mol. The van der Waals surface area contributed by atoms with Crippen LogP contribution in [0.5, 0.6) is 0 Å². The average molecular weight is 171 g/mol. The summed E-state index contributed by atoms with van der Waals surface area (Å²) < 4.78 is 4.70. The van der Waals surface area contributed by atoms with Crippen molar-refractivity contribution in [2.24, 2.45) is 0 Å². The van der Waals surface area contributed by atoms with E-state index >= 15 is 0 Å². The zero-order valence-corrected chi connectivity index (χ0v) is 6.47. The van der Waals surface area contributed by atoms with E-state index in [0.717, 1.165) is 0 Å². The minimum Gasteiger partial charge on any atom is -0.395 e. The Morgan fingerprint density at radius 3 is 2.17 bits per heavy atom. The third-order valence-corrected chi connectivity index (χ3v) is 1.27. The summed E-state index contributed by atoms with van der Waals surface area (Å²) in [6.07, 6.45) is 0. The first-order valence-electron chi connectivity index (χ1n) is 3.31. The van der Waals surface area contributed by atoms with Gasteiger partial charge in [0.1, 0.15) is 13.9 Å². The summed E-state index contributed by atoms with van der Waals surface area (Å²) in [5.74, 6) is 0. The lowest BCUT2D eigenvalue weighted by atomic mass is 9.99. The number of aliphatic hydroxyl groups is 3. The van der Waals surface area contributed by atoms with Crippen molar-refractivity contribution >= 4 is 7.85 Å². The van der Waals surface area contributed by atoms with Crippen LogP contribution in [0.25, 0.3) is 0 Å². The van der Waals surface area contributed by atoms with Gasteiger partial charge in [-0.05, 0) is 0 Å². The van der Waals surface area contributed by atoms with Gasteiger partial charge in [0.15, 0.2) is 5.60 Å². The molecule has 0 bridgehead atoms. The van der Waals surface area contributed by atoms with Crippen LogP contribution >= 0.6 is 0 Å². The summed E-state index contributed by atoms with van der Waals surface area (Å²) in [5, 5.41) is 34.3. The first kappa shape index (κ1) is 11.4. The molecule has 0 saturated carbocycles. The molecule has 0 rings (SSSR count). The minimum absolute atomic E-state index is 0.483. The van der Waals surface area contributed by atoms with E-state index < -0.39 is 31.4 Å². The van der Waals surface area contributed by atoms with Gasteiger partial charge in [-0.1, -0.05) is 0 Å². The summed E-state index contributed by atoms with van der Waals surface area (Å²) in [7, 11) is 5.14. The highest BCUT2D eigenvalue weighted by atomic mass is 16.5. The highest BCUT2D eigenvalue weighted by molar-refractivity contribution is 6.11. The number of nitriles is 1. The van der Waals surface area contributed by atoms with E-state index in [1.165, 1.54) is 0 Å². The molecule has 66 valence electrons. The van der Waals surface area contributed by atoms with Gasteiger partial charge in [-0.15, -0.1) is 0 Å². The van der Waals surface area contributed by atoms with E-state index in [1.807, 2.05) is 0 Å². The van der Waals surface area contributed by atoms with Crippen molar-refractivity contribution in [3.8, 4) is 6.07 Å². The maximum absolute atomic E-state index is 8.68. The van der Waals surface area contributed by atoms with Crippen LogP contribution in [-0.2, 0) is 4.74 Å². The second-order valence-electron chi connectivity index (χ2n) is 2.26. The third kappa shape index (κ3) is 2.79. The predicted octanol–water partition coefficient (Wildman–Crippen LogP) is -2.26. The van der Waals surface area contributed by atoms with Gasteiger partial charge in [-0.2, -0.15) is 5.26 Å². The number of ether oxygens (including phenoxy) is 1. The number of hydrogen-bond acceptors (Lipinski definition) is 5. The lowest BCUT2D eigenvalue weighted by Crippen LogP contribution is -2.43. The van der Waals surface area contributed by atoms with E-state index in [-0.39, 0.29) is 0 Å². The summed E-state index contributed by atoms with van der Waals surface area (Å²) in [6.45, 7) is -1.83. The van der Waals surface area contributed by atoms with Crippen LogP contribution < -0.4 is 0 Å². The van der Waals surface area contributed by atoms with Crippen LogP contribution in [0.15, 0.2) is 0 Å². The van der Waals surface area contributed by atoms with Crippen LogP contribution in [0.3, 0.4) is 0 Å². The average Bonchev–Trinajstić information content (AvgIpc) is 2.14. The fraction of sp³-hybridized carbons (Fsp3) is 0.833. The third-order valence-electron chi connectivity index (χ3n) is 1.27. The second kappa shape index (κ2) is 5.11. The maximum atomic E-state index is 8.68. The Bertz CT molecular complexity index is 165. The van der Waals surface area contributed by atoms with Crippen molar-refractivity contribution in [1.82, 2.24) is 0 Å². The summed E-state index contributed by atoms with van der Waals surface area (Å²) in [6, 6.07) is 0.487. The fourth-order valence-electron chi connectivity index (χ4n) is 0.549. The molecule has 0 saturated heterocycles. The van der Waals surface area contributed by atoms with Crippen molar-refractivity contribution in [2.75, 3.05) is 19.8 Å². The van der Waals surface area contributed by atoms with Crippen LogP contribution in [0, 0.1) is 11.3 Å². The number of nitrogens with zero attached hydrogens (tertiary/aromatic N) is 1. The molecule has 0 amide bonds. The van der Waals surface area contributed by atoms with E-state index in [2.05, 4.69) is 0 Å². The van der Waals surface area contributed by atoms with Gasteiger partial charge in [0.25, 0.3) is 0 Å². The van der Waals surface area contributed by atoms with Crippen molar-refractivity contribution in [2.45, 2.75) is 11.6 Å². The molecule has 0 fully saturated rings. The van der Waals surface area contributed by atoms with E-state index in [9.17, 15) is 0 Å². The minimum atomic E-state index is -1.72. The smallest absolute Gasteiger partial charge is 0.199 e. The van der Waals surface area contributed by atoms with E-state index in [4.69, 9.17) is 33.2 Å². The number of hydrogen-bond donors (Lipinski definition) is 3. The molecule has 6 heteroatoms. The molecular formula is C6H10BNO4. The summed E-state index contributed by atoms with van der Waals surface area (Å²) in [4.78, 5) is 0. The first-order chi connectivity index (χ1) is 5.64. The van der Waals surface area contributed by atoms with Crippen molar-refractivity contribution in [3.05, 3.63) is 0 Å². The van der Waals surface area contributed by atoms with Gasteiger partial charge in [0.05, 0.1) is 19.8 Å². The Labute approximate surface area is 71.6 Å². The standard InChI is InChI=1S/C6H10BNO4/c7-5(1-9)12-6(2-8,3-10)4-11/h5,9-11H,1,3-4H2/t5-/m1/s1. The van der Waals surface area contributed by atoms with Gasteiger partial charge in [0, 0.05) is 6.00 Å². The zero-order valence-electron chi connectivity index (χ0n) is 6.47. The van der Waals surface area contributed by atoms with Gasteiger partial charge in [-0.3, -0.25) is 0 Å². The van der Waals surface area contributed by atoms with Crippen LogP contribution in [0.1, 0.15) is 0 Å². The normalized spacial score (nSPS) is 13.8. The van der Waals surface area contributed by atoms with Crippen LogP contribution in [0.2, 0.25) is 0 Å². The van der Waals surface area contributed by atoms with Crippen molar-refractivity contribution < 1.29 is 20.1 Å². The Morgan fingerprint density at radius 2 is 1.92 bits per heavy atom. The van der Waals surface area contributed by atoms with Gasteiger partial charge < -0.3 is 20.1 Å². The Morgan fingerprint density at radius 1 is 1.42 bits per heavy atom. The topological polar surface area (TPSA) is 93.7 Å². The molecule has 0 heterocycles. The highest BCUT2D eigenvalue weighted by Gasteiger charge is 2.31. The number of aliphatic hydroxyl groups excluding tert-OH is 3. The molecule has 0 aromatic heterocycles. The van der Waals surface area contributed by atoms with Gasteiger partial charge >= 0.3 is 0 Å². The molecule has 12 heavy (non-hydrogen) atoms. The van der Waals surface area contributed by atoms with Crippen LogP contribution in [-0.4, -0.2) is 54.6 Å². The lowest BCUT2D eigenvalue weighted by Gasteiger charge is -2.25. The molecule has 0 aromatic rings. The van der Waals surface area contributed by atoms with Crippen LogP contribution in [0.4, 0.5) is 0 Å². The summed E-state index contributed by atoms with van der Waals surface area (Å²) >= 11 is 0. The molecule has 2 radical (unpaired) electrons. The molecule has 0 spiro atoms. The van der Waals surface area contributed by atoms with E-state index in [0.29, 0.717) is 0 Å². The van der Waals surface area contributed by atoms with Crippen molar-refractivity contribution in [1.29, 1.82) is 5.26 Å². The molecule has 0 aliphatic heterocycles. The SMILES string of the molecule is [B][C@@H](CO)OC(C#N)(CO)CO. The Hall–Kier alpha value is -0.605. The molecule has 0 unspecified atom stereocenters. The fourth-order valence-corrected chi connectivity index (χ4v) is 0.549. The molecule has 5 nitrogen and oxygen atoms in total. The quantitative estimate of drug-likeness (QED) is 0.405. The first-order valence-corrected chi connectivity index (χ1v) is 3.31. The monoisotopic (exact) mass is 171 g/mol. The molecule has 0 aliphatic rings. The largest absolute Gasteiger partial charge is 0.395 e. The summed E-state index contributed by atoms with van der Waals surface area (Å²) in [5.41, 5.74) is -1.72. The lowest BCUT2D eigenvalue weighted by molar-refractivity contribution is -0.0943. The Balaban J connectivity index is 4.22. The zero-order chi connectivity index (χ0) is 9.61. The molecule has 0 aliphatic carbocycles. The van der Waals surface area contributed by atoms with E-state index in [1.54, 1.807) is 6.07 Å². The maximum Gasteiger partial charge on any atom is 0.199 e.